The lowest BCUT2D eigenvalue weighted by Gasteiger charge is -2.21. The molecule has 0 radical (unpaired) electrons. The molecule has 1 aliphatic rings. The van der Waals surface area contributed by atoms with E-state index in [9.17, 15) is 4.21 Å². The van der Waals surface area contributed by atoms with E-state index in [1.54, 1.807) is 6.26 Å². The zero-order valence-corrected chi connectivity index (χ0v) is 13.5. The minimum atomic E-state index is -0.717. The minimum absolute atomic E-state index is 0.266. The van der Waals surface area contributed by atoms with Crippen molar-refractivity contribution in [2.45, 2.75) is 63.3 Å². The molecule has 0 saturated heterocycles. The van der Waals surface area contributed by atoms with Gasteiger partial charge in [0, 0.05) is 35.0 Å². The Morgan fingerprint density at radius 3 is 2.90 bits per heavy atom. The Hall–Kier alpha value is -0.680. The van der Waals surface area contributed by atoms with Gasteiger partial charge in [-0.1, -0.05) is 26.2 Å². The molecule has 5 heteroatoms. The van der Waals surface area contributed by atoms with Crippen LogP contribution in [-0.2, 0) is 17.3 Å². The van der Waals surface area contributed by atoms with Crippen LogP contribution in [0.15, 0.2) is 12.3 Å². The Kier molecular flexibility index (Phi) is 6.23. The third-order valence-electron chi connectivity index (χ3n) is 4.21. The molecule has 0 aliphatic heterocycles. The number of nitrogens with zero attached hydrogens (tertiary/aromatic N) is 2. The van der Waals surface area contributed by atoms with Gasteiger partial charge in [-0.25, -0.2) is 0 Å². The maximum Gasteiger partial charge on any atom is 0.0762 e. The molecular weight excluding hydrogens is 270 g/mol. The van der Waals surface area contributed by atoms with E-state index in [-0.39, 0.29) is 5.25 Å². The molecule has 2 atom stereocenters. The second kappa shape index (κ2) is 7.93. The largest absolute Gasteiger partial charge is 0.311 e. The van der Waals surface area contributed by atoms with Crippen molar-refractivity contribution in [2.75, 3.05) is 12.8 Å². The van der Waals surface area contributed by atoms with Gasteiger partial charge >= 0.3 is 0 Å². The summed E-state index contributed by atoms with van der Waals surface area (Å²) in [6.07, 6.45) is 11.4. The Balaban J connectivity index is 1.71. The third-order valence-corrected chi connectivity index (χ3v) is 5.58. The third kappa shape index (κ3) is 4.70. The average molecular weight is 297 g/mol. The summed E-state index contributed by atoms with van der Waals surface area (Å²) in [5.41, 5.74) is 1.11. The summed E-state index contributed by atoms with van der Waals surface area (Å²) in [6, 6.07) is 2.73. The van der Waals surface area contributed by atoms with Crippen molar-refractivity contribution in [3.8, 4) is 0 Å². The topological polar surface area (TPSA) is 46.9 Å². The Bertz CT molecular complexity index is 427. The molecule has 114 valence electrons. The van der Waals surface area contributed by atoms with Crippen LogP contribution in [0.3, 0.4) is 0 Å². The van der Waals surface area contributed by atoms with Gasteiger partial charge in [0.15, 0.2) is 0 Å². The number of aromatic nitrogens is 2. The fourth-order valence-corrected chi connectivity index (χ4v) is 3.16. The standard InChI is InChI=1S/C15H27N3OS/c1-13(20(2)19)8-10-16-12-14-9-11-18(17-14)15-6-4-3-5-7-15/h9,11,13,15-16H,3-8,10,12H2,1-2H3. The van der Waals surface area contributed by atoms with E-state index in [1.165, 1.54) is 32.1 Å². The molecule has 0 spiro atoms. The van der Waals surface area contributed by atoms with E-state index in [1.807, 2.05) is 6.92 Å². The lowest BCUT2D eigenvalue weighted by Crippen LogP contribution is -2.21. The summed E-state index contributed by atoms with van der Waals surface area (Å²) in [4.78, 5) is 0. The van der Waals surface area contributed by atoms with Gasteiger partial charge in [0.1, 0.15) is 0 Å². The quantitative estimate of drug-likeness (QED) is 0.787. The molecule has 0 aromatic carbocycles. The van der Waals surface area contributed by atoms with Gasteiger partial charge in [-0.3, -0.25) is 8.89 Å². The molecule has 1 fully saturated rings. The summed E-state index contributed by atoms with van der Waals surface area (Å²) in [5.74, 6) is 0. The summed E-state index contributed by atoms with van der Waals surface area (Å²) in [6.45, 7) is 3.75. The number of rotatable bonds is 7. The van der Waals surface area contributed by atoms with Crippen molar-refractivity contribution in [1.29, 1.82) is 0 Å². The smallest absolute Gasteiger partial charge is 0.0762 e. The van der Waals surface area contributed by atoms with Crippen LogP contribution in [0.5, 0.6) is 0 Å². The molecule has 20 heavy (non-hydrogen) atoms. The van der Waals surface area contributed by atoms with Gasteiger partial charge in [0.25, 0.3) is 0 Å². The normalized spacial score (nSPS) is 19.9. The SMILES string of the molecule is CC(CCNCc1ccn(C2CCCCC2)n1)S(C)=O. The van der Waals surface area contributed by atoms with Crippen LogP contribution >= 0.6 is 0 Å². The van der Waals surface area contributed by atoms with Crippen molar-refractivity contribution in [3.05, 3.63) is 18.0 Å². The van der Waals surface area contributed by atoms with E-state index in [4.69, 9.17) is 0 Å². The maximum atomic E-state index is 11.3. The molecule has 2 rings (SSSR count). The molecule has 0 amide bonds. The van der Waals surface area contributed by atoms with Gasteiger partial charge < -0.3 is 5.32 Å². The van der Waals surface area contributed by atoms with Gasteiger partial charge in [-0.05, 0) is 31.9 Å². The number of hydrogen-bond donors (Lipinski definition) is 1. The highest BCUT2D eigenvalue weighted by Crippen LogP contribution is 2.27. The van der Waals surface area contributed by atoms with E-state index >= 15 is 0 Å². The Morgan fingerprint density at radius 2 is 2.20 bits per heavy atom. The lowest BCUT2D eigenvalue weighted by atomic mass is 9.96. The van der Waals surface area contributed by atoms with Gasteiger partial charge in [0.2, 0.25) is 0 Å². The zero-order chi connectivity index (χ0) is 14.4. The predicted molar refractivity (Wildman–Crippen MR) is 84.2 cm³/mol. The van der Waals surface area contributed by atoms with Crippen LogP contribution in [0.1, 0.15) is 57.2 Å². The molecule has 4 nitrogen and oxygen atoms in total. The minimum Gasteiger partial charge on any atom is -0.311 e. The van der Waals surface area contributed by atoms with Crippen LogP contribution in [0.25, 0.3) is 0 Å². The first-order valence-corrected chi connectivity index (χ1v) is 9.36. The molecule has 1 saturated carbocycles. The van der Waals surface area contributed by atoms with Crippen LogP contribution in [0.4, 0.5) is 0 Å². The molecule has 1 aliphatic carbocycles. The molecule has 2 unspecified atom stereocenters. The van der Waals surface area contributed by atoms with Crippen LogP contribution in [0, 0.1) is 0 Å². The second-order valence-corrected chi connectivity index (χ2v) is 7.66. The highest BCUT2D eigenvalue weighted by Gasteiger charge is 2.15. The first kappa shape index (κ1) is 15.7. The van der Waals surface area contributed by atoms with Gasteiger partial charge in [-0.2, -0.15) is 5.10 Å². The number of nitrogens with one attached hydrogen (secondary N) is 1. The van der Waals surface area contributed by atoms with Crippen molar-refractivity contribution in [1.82, 2.24) is 15.1 Å². The summed E-state index contributed by atoms with van der Waals surface area (Å²) in [7, 11) is -0.717. The lowest BCUT2D eigenvalue weighted by molar-refractivity contribution is 0.327. The summed E-state index contributed by atoms with van der Waals surface area (Å²) >= 11 is 0. The Morgan fingerprint density at radius 1 is 1.45 bits per heavy atom. The van der Waals surface area contributed by atoms with Crippen molar-refractivity contribution in [3.63, 3.8) is 0 Å². The average Bonchev–Trinajstić information content (AvgIpc) is 2.93. The Labute approximate surface area is 124 Å². The van der Waals surface area contributed by atoms with E-state index in [2.05, 4.69) is 27.4 Å². The zero-order valence-electron chi connectivity index (χ0n) is 12.7. The van der Waals surface area contributed by atoms with E-state index in [0.29, 0.717) is 6.04 Å². The monoisotopic (exact) mass is 297 g/mol. The molecule has 1 N–H and O–H groups in total. The molecule has 1 aromatic heterocycles. The molecule has 1 heterocycles. The first-order valence-electron chi connectivity index (χ1n) is 7.74. The molecule has 1 aromatic rings. The van der Waals surface area contributed by atoms with Crippen LogP contribution in [-0.4, -0.2) is 32.0 Å². The highest BCUT2D eigenvalue weighted by molar-refractivity contribution is 7.84. The molecular formula is C15H27N3OS. The summed E-state index contributed by atoms with van der Waals surface area (Å²) < 4.78 is 13.4. The van der Waals surface area contributed by atoms with Crippen LogP contribution in [0.2, 0.25) is 0 Å². The first-order chi connectivity index (χ1) is 9.66. The second-order valence-electron chi connectivity index (χ2n) is 5.85. The van der Waals surface area contributed by atoms with Crippen LogP contribution < -0.4 is 5.32 Å². The molecule has 0 bridgehead atoms. The maximum absolute atomic E-state index is 11.3. The van der Waals surface area contributed by atoms with E-state index in [0.717, 1.165) is 25.2 Å². The van der Waals surface area contributed by atoms with Crippen molar-refractivity contribution >= 4 is 10.8 Å². The van der Waals surface area contributed by atoms with E-state index < -0.39 is 10.8 Å². The van der Waals surface area contributed by atoms with Crippen molar-refractivity contribution in [2.24, 2.45) is 0 Å². The van der Waals surface area contributed by atoms with Crippen molar-refractivity contribution < 1.29 is 4.21 Å². The predicted octanol–water partition coefficient (Wildman–Crippen LogP) is 2.64. The fraction of sp³-hybridized carbons (Fsp3) is 0.800. The number of hydrogen-bond acceptors (Lipinski definition) is 3. The fourth-order valence-electron chi connectivity index (χ4n) is 2.71. The highest BCUT2D eigenvalue weighted by atomic mass is 32.2. The van der Waals surface area contributed by atoms with Gasteiger partial charge in [0.05, 0.1) is 11.7 Å². The van der Waals surface area contributed by atoms with Gasteiger partial charge in [-0.15, -0.1) is 0 Å². The summed E-state index contributed by atoms with van der Waals surface area (Å²) in [5, 5.41) is 8.34.